The smallest absolute Gasteiger partial charge is 0.331 e. The molecule has 0 fully saturated rings. The third-order valence-electron chi connectivity index (χ3n) is 4.06. The van der Waals surface area contributed by atoms with E-state index in [2.05, 4.69) is 5.32 Å². The first-order valence-corrected chi connectivity index (χ1v) is 9.17. The standard InChI is InChI=1S/C22H22ClNO4/c1-15-8-9-18(12-19(15)23)10-11-22(27)28-14-21(26)24-20(16(2)25)13-17-6-4-3-5-7-17/h3-12,20H,13-14H2,1-2H3,(H,24,26)/b11-10+/t20-/m1/s1. The Labute approximate surface area is 169 Å². The van der Waals surface area contributed by atoms with E-state index in [4.69, 9.17) is 16.3 Å². The lowest BCUT2D eigenvalue weighted by molar-refractivity contribution is -0.144. The van der Waals surface area contributed by atoms with Gasteiger partial charge in [0.05, 0.1) is 6.04 Å². The Hall–Kier alpha value is -2.92. The molecule has 0 heterocycles. The molecule has 0 unspecified atom stereocenters. The monoisotopic (exact) mass is 399 g/mol. The molecule has 5 nitrogen and oxygen atoms in total. The Morgan fingerprint density at radius 1 is 1.14 bits per heavy atom. The first-order valence-electron chi connectivity index (χ1n) is 8.80. The van der Waals surface area contributed by atoms with E-state index in [-0.39, 0.29) is 5.78 Å². The molecule has 28 heavy (non-hydrogen) atoms. The number of Topliss-reactive ketones (excluding diaryl/α,β-unsaturated/α-hetero) is 1. The Bertz CT molecular complexity index is 877. The number of hydrogen-bond donors (Lipinski definition) is 1. The van der Waals surface area contributed by atoms with Gasteiger partial charge in [0.25, 0.3) is 5.91 Å². The van der Waals surface area contributed by atoms with Gasteiger partial charge in [0.1, 0.15) is 0 Å². The van der Waals surface area contributed by atoms with Gasteiger partial charge in [-0.3, -0.25) is 9.59 Å². The SMILES string of the molecule is CC(=O)[C@@H](Cc1ccccc1)NC(=O)COC(=O)/C=C/c1ccc(C)c(Cl)c1. The van der Waals surface area contributed by atoms with Crippen LogP contribution >= 0.6 is 11.6 Å². The molecular weight excluding hydrogens is 378 g/mol. The zero-order chi connectivity index (χ0) is 20.5. The summed E-state index contributed by atoms with van der Waals surface area (Å²) in [5.74, 6) is -1.36. The number of hydrogen-bond acceptors (Lipinski definition) is 4. The summed E-state index contributed by atoms with van der Waals surface area (Å²) in [5, 5.41) is 3.20. The number of esters is 1. The first-order chi connectivity index (χ1) is 13.3. The summed E-state index contributed by atoms with van der Waals surface area (Å²) in [6.45, 7) is 2.83. The van der Waals surface area contributed by atoms with Crippen molar-refractivity contribution in [2.24, 2.45) is 0 Å². The largest absolute Gasteiger partial charge is 0.452 e. The number of rotatable bonds is 8. The van der Waals surface area contributed by atoms with E-state index < -0.39 is 24.5 Å². The molecule has 2 aromatic rings. The normalized spacial score (nSPS) is 11.8. The molecule has 1 N–H and O–H groups in total. The Kier molecular flexibility index (Phi) is 7.96. The van der Waals surface area contributed by atoms with E-state index >= 15 is 0 Å². The number of ketones is 1. The van der Waals surface area contributed by atoms with Gasteiger partial charge in [0, 0.05) is 11.1 Å². The van der Waals surface area contributed by atoms with Crippen molar-refractivity contribution in [2.45, 2.75) is 26.3 Å². The minimum Gasteiger partial charge on any atom is -0.452 e. The maximum atomic E-state index is 12.0. The molecule has 1 atom stereocenters. The van der Waals surface area contributed by atoms with Gasteiger partial charge >= 0.3 is 5.97 Å². The number of benzene rings is 2. The van der Waals surface area contributed by atoms with Crippen molar-refractivity contribution < 1.29 is 19.1 Å². The molecule has 0 saturated heterocycles. The highest BCUT2D eigenvalue weighted by molar-refractivity contribution is 6.31. The van der Waals surface area contributed by atoms with Gasteiger partial charge in [0.15, 0.2) is 12.4 Å². The molecule has 0 bridgehead atoms. The average molecular weight is 400 g/mol. The zero-order valence-electron chi connectivity index (χ0n) is 15.8. The number of nitrogens with one attached hydrogen (secondary N) is 1. The maximum absolute atomic E-state index is 12.0. The summed E-state index contributed by atoms with van der Waals surface area (Å²) in [4.78, 5) is 35.6. The molecule has 1 amide bonds. The number of halogens is 1. The van der Waals surface area contributed by atoms with E-state index in [0.29, 0.717) is 11.4 Å². The topological polar surface area (TPSA) is 72.5 Å². The van der Waals surface area contributed by atoms with E-state index in [1.807, 2.05) is 49.4 Å². The van der Waals surface area contributed by atoms with Gasteiger partial charge < -0.3 is 10.1 Å². The van der Waals surface area contributed by atoms with Gasteiger partial charge in [0.2, 0.25) is 0 Å². The van der Waals surface area contributed by atoms with Crippen LogP contribution in [-0.4, -0.2) is 30.3 Å². The fourth-order valence-electron chi connectivity index (χ4n) is 2.44. The van der Waals surface area contributed by atoms with Crippen LogP contribution in [0.5, 0.6) is 0 Å². The highest BCUT2D eigenvalue weighted by Gasteiger charge is 2.18. The number of ether oxygens (including phenoxy) is 1. The molecule has 0 aliphatic carbocycles. The van der Waals surface area contributed by atoms with Crippen molar-refractivity contribution >= 4 is 35.3 Å². The van der Waals surface area contributed by atoms with E-state index in [1.54, 1.807) is 12.1 Å². The van der Waals surface area contributed by atoms with Crippen LogP contribution in [0.3, 0.4) is 0 Å². The van der Waals surface area contributed by atoms with E-state index in [1.165, 1.54) is 13.0 Å². The molecule has 0 aliphatic rings. The second-order valence-electron chi connectivity index (χ2n) is 6.37. The van der Waals surface area contributed by atoms with Crippen LogP contribution in [0.1, 0.15) is 23.6 Å². The summed E-state index contributed by atoms with van der Waals surface area (Å²) in [5.41, 5.74) is 2.62. The van der Waals surface area contributed by atoms with Crippen LogP contribution in [0, 0.1) is 6.92 Å². The third-order valence-corrected chi connectivity index (χ3v) is 4.47. The number of carbonyl (C=O) groups excluding carboxylic acids is 3. The van der Waals surface area contributed by atoms with Crippen LogP contribution < -0.4 is 5.32 Å². The van der Waals surface area contributed by atoms with Gasteiger partial charge in [-0.05, 0) is 49.1 Å². The Morgan fingerprint density at radius 3 is 2.50 bits per heavy atom. The lowest BCUT2D eigenvalue weighted by Gasteiger charge is -2.16. The Balaban J connectivity index is 1.84. The molecule has 2 rings (SSSR count). The quantitative estimate of drug-likeness (QED) is 0.544. The lowest BCUT2D eigenvalue weighted by Crippen LogP contribution is -2.43. The number of aryl methyl sites for hydroxylation is 1. The third kappa shape index (κ3) is 7.00. The van der Waals surface area contributed by atoms with Gasteiger partial charge in [-0.2, -0.15) is 0 Å². The highest BCUT2D eigenvalue weighted by Crippen LogP contribution is 2.17. The minimum absolute atomic E-state index is 0.167. The maximum Gasteiger partial charge on any atom is 0.331 e. The lowest BCUT2D eigenvalue weighted by atomic mass is 10.0. The highest BCUT2D eigenvalue weighted by atomic mass is 35.5. The molecule has 0 radical (unpaired) electrons. The molecule has 146 valence electrons. The van der Waals surface area contributed by atoms with Crippen molar-refractivity contribution in [3.63, 3.8) is 0 Å². The molecule has 0 saturated carbocycles. The van der Waals surface area contributed by atoms with E-state index in [0.717, 1.165) is 16.7 Å². The molecule has 0 spiro atoms. The van der Waals surface area contributed by atoms with Crippen LogP contribution in [0.2, 0.25) is 5.02 Å². The van der Waals surface area contributed by atoms with Crippen LogP contribution in [0.4, 0.5) is 0 Å². The molecule has 2 aromatic carbocycles. The molecular formula is C22H22ClNO4. The second kappa shape index (κ2) is 10.4. The molecule has 0 aromatic heterocycles. The van der Waals surface area contributed by atoms with Crippen molar-refractivity contribution in [1.29, 1.82) is 0 Å². The molecule has 0 aliphatic heterocycles. The van der Waals surface area contributed by atoms with E-state index in [9.17, 15) is 14.4 Å². The van der Waals surface area contributed by atoms with Crippen LogP contribution in [-0.2, 0) is 25.5 Å². The fraction of sp³-hybridized carbons (Fsp3) is 0.227. The number of carbonyl (C=O) groups is 3. The second-order valence-corrected chi connectivity index (χ2v) is 6.78. The van der Waals surface area contributed by atoms with Crippen LogP contribution in [0.25, 0.3) is 6.08 Å². The van der Waals surface area contributed by atoms with Gasteiger partial charge in [-0.15, -0.1) is 0 Å². The van der Waals surface area contributed by atoms with Crippen molar-refractivity contribution in [3.8, 4) is 0 Å². The van der Waals surface area contributed by atoms with Crippen molar-refractivity contribution in [1.82, 2.24) is 5.32 Å². The number of amides is 1. The van der Waals surface area contributed by atoms with Crippen molar-refractivity contribution in [3.05, 3.63) is 76.3 Å². The van der Waals surface area contributed by atoms with Crippen LogP contribution in [0.15, 0.2) is 54.6 Å². The zero-order valence-corrected chi connectivity index (χ0v) is 16.5. The van der Waals surface area contributed by atoms with Gasteiger partial charge in [-0.1, -0.05) is 54.1 Å². The Morgan fingerprint density at radius 2 is 1.86 bits per heavy atom. The predicted molar refractivity (Wildman–Crippen MR) is 109 cm³/mol. The minimum atomic E-state index is -0.668. The summed E-state index contributed by atoms with van der Waals surface area (Å²) in [6.07, 6.45) is 3.16. The summed E-state index contributed by atoms with van der Waals surface area (Å²) >= 11 is 6.03. The average Bonchev–Trinajstić information content (AvgIpc) is 2.67. The fourth-order valence-corrected chi connectivity index (χ4v) is 2.63. The first kappa shape index (κ1) is 21.4. The molecule has 6 heteroatoms. The summed E-state index contributed by atoms with van der Waals surface area (Å²) in [7, 11) is 0. The summed E-state index contributed by atoms with van der Waals surface area (Å²) in [6, 6.07) is 14.1. The summed E-state index contributed by atoms with van der Waals surface area (Å²) < 4.78 is 4.93. The van der Waals surface area contributed by atoms with Gasteiger partial charge in [-0.25, -0.2) is 4.79 Å². The predicted octanol–water partition coefficient (Wildman–Crippen LogP) is 3.52. The van der Waals surface area contributed by atoms with Crippen molar-refractivity contribution in [2.75, 3.05) is 6.61 Å².